The predicted molar refractivity (Wildman–Crippen MR) is 86.9 cm³/mol. The van der Waals surface area contributed by atoms with Crippen LogP contribution in [-0.2, 0) is 4.74 Å². The van der Waals surface area contributed by atoms with Crippen molar-refractivity contribution in [2.45, 2.75) is 33.2 Å². The summed E-state index contributed by atoms with van der Waals surface area (Å²) in [5.41, 5.74) is 8.00. The Morgan fingerprint density at radius 1 is 1.48 bits per heavy atom. The Balaban J connectivity index is 2.41. The van der Waals surface area contributed by atoms with Gasteiger partial charge in [0.1, 0.15) is 4.88 Å². The van der Waals surface area contributed by atoms with Crippen LogP contribution in [0.2, 0.25) is 0 Å². The Kier molecular flexibility index (Phi) is 4.20. The Morgan fingerprint density at radius 3 is 2.76 bits per heavy atom. The van der Waals surface area contributed by atoms with Crippen LogP contribution in [0.5, 0.6) is 0 Å². The topological polar surface area (TPSA) is 77.2 Å². The number of nitrogens with zero attached hydrogens (tertiary/aromatic N) is 1. The molecule has 5 nitrogen and oxygen atoms in total. The van der Waals surface area contributed by atoms with E-state index < -0.39 is 5.54 Å². The molecular formula is C15H21N3O2S. The summed E-state index contributed by atoms with van der Waals surface area (Å²) in [6.07, 6.45) is 0. The normalized spacial score (nSPS) is 11.9. The van der Waals surface area contributed by atoms with E-state index in [1.54, 1.807) is 7.11 Å². The number of hydrogen-bond acceptors (Lipinski definition) is 5. The number of anilines is 1. The lowest BCUT2D eigenvalue weighted by atomic mass is 10.1. The van der Waals surface area contributed by atoms with Crippen LogP contribution < -0.4 is 11.1 Å². The van der Waals surface area contributed by atoms with E-state index in [9.17, 15) is 4.79 Å². The largest absolute Gasteiger partial charge is 0.397 e. The van der Waals surface area contributed by atoms with Crippen molar-refractivity contribution in [1.29, 1.82) is 0 Å². The summed E-state index contributed by atoms with van der Waals surface area (Å²) in [6.45, 7) is 8.10. The summed E-state index contributed by atoms with van der Waals surface area (Å²) in [6, 6.07) is 1.96. The molecule has 21 heavy (non-hydrogen) atoms. The molecule has 1 amide bonds. The van der Waals surface area contributed by atoms with E-state index in [0.717, 1.165) is 21.5 Å². The van der Waals surface area contributed by atoms with Gasteiger partial charge in [-0.3, -0.25) is 9.78 Å². The Bertz CT molecular complexity index is 692. The summed E-state index contributed by atoms with van der Waals surface area (Å²) in [7, 11) is 1.61. The lowest BCUT2D eigenvalue weighted by molar-refractivity contribution is 0.0824. The standard InChI is InChI=1S/C15H21N3O2S/c1-8-6-10-11(9(2)17-8)12(16)13(21-10)14(19)18-15(3,4)7-20-5/h6H,7,16H2,1-5H3,(H,18,19). The molecule has 114 valence electrons. The number of nitrogen functional groups attached to an aromatic ring is 1. The second kappa shape index (κ2) is 5.61. The molecule has 0 radical (unpaired) electrons. The maximum absolute atomic E-state index is 12.5. The fourth-order valence-electron chi connectivity index (χ4n) is 2.41. The molecular weight excluding hydrogens is 286 g/mol. The van der Waals surface area contributed by atoms with E-state index in [0.29, 0.717) is 17.2 Å². The van der Waals surface area contributed by atoms with Gasteiger partial charge in [0.25, 0.3) is 5.91 Å². The summed E-state index contributed by atoms with van der Waals surface area (Å²) in [5.74, 6) is -0.173. The van der Waals surface area contributed by atoms with Gasteiger partial charge in [-0.15, -0.1) is 11.3 Å². The van der Waals surface area contributed by atoms with Gasteiger partial charge in [0.15, 0.2) is 0 Å². The summed E-state index contributed by atoms with van der Waals surface area (Å²) < 4.78 is 6.11. The number of aromatic nitrogens is 1. The highest BCUT2D eigenvalue weighted by atomic mass is 32.1. The number of nitrogens with two attached hydrogens (primary N) is 1. The van der Waals surface area contributed by atoms with Crippen LogP contribution in [-0.4, -0.2) is 30.1 Å². The molecule has 0 aliphatic rings. The van der Waals surface area contributed by atoms with E-state index in [1.165, 1.54) is 11.3 Å². The Hall–Kier alpha value is -1.66. The molecule has 2 heterocycles. The lowest BCUT2D eigenvalue weighted by Crippen LogP contribution is -2.46. The molecule has 0 spiro atoms. The molecule has 0 atom stereocenters. The third kappa shape index (κ3) is 3.16. The van der Waals surface area contributed by atoms with Gasteiger partial charge in [0, 0.05) is 28.6 Å². The van der Waals surface area contributed by atoms with Crippen LogP contribution in [0.4, 0.5) is 5.69 Å². The Morgan fingerprint density at radius 2 is 2.14 bits per heavy atom. The van der Waals surface area contributed by atoms with Crippen molar-refractivity contribution in [1.82, 2.24) is 10.3 Å². The molecule has 0 unspecified atom stereocenters. The van der Waals surface area contributed by atoms with Crippen LogP contribution in [0.1, 0.15) is 34.9 Å². The van der Waals surface area contributed by atoms with E-state index in [4.69, 9.17) is 10.5 Å². The zero-order chi connectivity index (χ0) is 15.8. The third-order valence-electron chi connectivity index (χ3n) is 3.18. The minimum Gasteiger partial charge on any atom is -0.397 e. The molecule has 0 fully saturated rings. The first kappa shape index (κ1) is 15.7. The monoisotopic (exact) mass is 307 g/mol. The van der Waals surface area contributed by atoms with Crippen LogP contribution in [0.25, 0.3) is 10.1 Å². The molecule has 6 heteroatoms. The third-order valence-corrected chi connectivity index (χ3v) is 4.33. The maximum atomic E-state index is 12.5. The van der Waals surface area contributed by atoms with Crippen molar-refractivity contribution in [3.63, 3.8) is 0 Å². The first-order valence-corrected chi connectivity index (χ1v) is 7.54. The van der Waals surface area contributed by atoms with Crippen molar-refractivity contribution < 1.29 is 9.53 Å². The van der Waals surface area contributed by atoms with E-state index in [2.05, 4.69) is 10.3 Å². The zero-order valence-electron chi connectivity index (χ0n) is 13.0. The number of carbonyl (C=O) groups is 1. The van der Waals surface area contributed by atoms with Crippen molar-refractivity contribution in [3.05, 3.63) is 22.3 Å². The minimum absolute atomic E-state index is 0.173. The molecule has 2 aromatic rings. The number of nitrogens with one attached hydrogen (secondary N) is 1. The lowest BCUT2D eigenvalue weighted by Gasteiger charge is -2.24. The fraction of sp³-hybridized carbons (Fsp3) is 0.467. The number of methoxy groups -OCH3 is 1. The average Bonchev–Trinajstić information content (AvgIpc) is 2.65. The van der Waals surface area contributed by atoms with Gasteiger partial charge in [0.05, 0.1) is 17.8 Å². The fourth-order valence-corrected chi connectivity index (χ4v) is 3.57. The van der Waals surface area contributed by atoms with Gasteiger partial charge in [-0.05, 0) is 33.8 Å². The molecule has 0 aliphatic carbocycles. The summed E-state index contributed by atoms with van der Waals surface area (Å²) in [4.78, 5) is 17.4. The van der Waals surface area contributed by atoms with Crippen LogP contribution in [0.15, 0.2) is 6.07 Å². The quantitative estimate of drug-likeness (QED) is 0.910. The second-order valence-corrected chi connectivity index (χ2v) is 6.89. The first-order valence-electron chi connectivity index (χ1n) is 6.73. The number of hydrogen-bond donors (Lipinski definition) is 2. The maximum Gasteiger partial charge on any atom is 0.264 e. The number of aryl methyl sites for hydroxylation is 2. The second-order valence-electron chi connectivity index (χ2n) is 5.84. The minimum atomic E-state index is -0.447. The number of carbonyl (C=O) groups excluding carboxylic acids is 1. The number of fused-ring (bicyclic) bond motifs is 1. The van der Waals surface area contributed by atoms with E-state index in [1.807, 2.05) is 33.8 Å². The van der Waals surface area contributed by atoms with Crippen molar-refractivity contribution in [3.8, 4) is 0 Å². The highest BCUT2D eigenvalue weighted by Crippen LogP contribution is 2.35. The molecule has 2 rings (SSSR count). The van der Waals surface area contributed by atoms with Crippen LogP contribution >= 0.6 is 11.3 Å². The Labute approximate surface area is 128 Å². The van der Waals surface area contributed by atoms with Gasteiger partial charge in [-0.2, -0.15) is 0 Å². The SMILES string of the molecule is COCC(C)(C)NC(=O)c1sc2cc(C)nc(C)c2c1N. The van der Waals surface area contributed by atoms with Crippen LogP contribution in [0, 0.1) is 13.8 Å². The van der Waals surface area contributed by atoms with Gasteiger partial charge < -0.3 is 15.8 Å². The van der Waals surface area contributed by atoms with Gasteiger partial charge in [-0.25, -0.2) is 0 Å². The zero-order valence-corrected chi connectivity index (χ0v) is 13.9. The van der Waals surface area contributed by atoms with E-state index >= 15 is 0 Å². The highest BCUT2D eigenvalue weighted by Gasteiger charge is 2.25. The smallest absolute Gasteiger partial charge is 0.264 e. The molecule has 0 saturated carbocycles. The predicted octanol–water partition coefficient (Wildman–Crippen LogP) is 2.65. The molecule has 0 bridgehead atoms. The molecule has 0 saturated heterocycles. The van der Waals surface area contributed by atoms with Gasteiger partial charge in [-0.1, -0.05) is 0 Å². The number of ether oxygens (including phenoxy) is 1. The molecule has 3 N–H and O–H groups in total. The molecule has 2 aromatic heterocycles. The highest BCUT2D eigenvalue weighted by molar-refractivity contribution is 7.21. The molecule has 0 aromatic carbocycles. The van der Waals surface area contributed by atoms with E-state index in [-0.39, 0.29) is 5.91 Å². The van der Waals surface area contributed by atoms with Crippen molar-refractivity contribution in [2.24, 2.45) is 0 Å². The number of pyridine rings is 1. The van der Waals surface area contributed by atoms with Crippen LogP contribution in [0.3, 0.4) is 0 Å². The average molecular weight is 307 g/mol. The summed E-state index contributed by atoms with van der Waals surface area (Å²) >= 11 is 1.40. The number of thiophene rings is 1. The van der Waals surface area contributed by atoms with Crippen molar-refractivity contribution >= 4 is 33.0 Å². The molecule has 0 aliphatic heterocycles. The van der Waals surface area contributed by atoms with Gasteiger partial charge in [0.2, 0.25) is 0 Å². The number of amides is 1. The summed E-state index contributed by atoms with van der Waals surface area (Å²) in [5, 5.41) is 3.83. The van der Waals surface area contributed by atoms with Gasteiger partial charge >= 0.3 is 0 Å². The first-order chi connectivity index (χ1) is 9.75. The number of rotatable bonds is 4. The van der Waals surface area contributed by atoms with Crippen molar-refractivity contribution in [2.75, 3.05) is 19.5 Å².